The molecule has 0 bridgehead atoms. The lowest BCUT2D eigenvalue weighted by Gasteiger charge is -2.13. The van der Waals surface area contributed by atoms with Crippen molar-refractivity contribution in [3.05, 3.63) is 12.4 Å². The van der Waals surface area contributed by atoms with E-state index in [9.17, 15) is 23.4 Å². The van der Waals surface area contributed by atoms with Crippen molar-refractivity contribution in [1.29, 1.82) is 0 Å². The van der Waals surface area contributed by atoms with Crippen LogP contribution in [0.25, 0.3) is 0 Å². The third kappa shape index (κ3) is 2.76. The first-order valence-electron chi connectivity index (χ1n) is 5.41. The van der Waals surface area contributed by atoms with Crippen molar-refractivity contribution < 1.29 is 28.5 Å². The molecule has 2 atom stereocenters. The Hall–Kier alpha value is -1.49. The molecule has 10 heteroatoms. The van der Waals surface area contributed by atoms with Crippen LogP contribution in [0.3, 0.4) is 0 Å². The van der Waals surface area contributed by atoms with Gasteiger partial charge in [-0.15, -0.1) is 0 Å². The molecular weight excluding hydrogens is 278 g/mol. The van der Waals surface area contributed by atoms with Crippen LogP contribution in [0.15, 0.2) is 17.3 Å². The Morgan fingerprint density at radius 2 is 1.95 bits per heavy atom. The molecule has 9 nitrogen and oxygen atoms in total. The van der Waals surface area contributed by atoms with Crippen LogP contribution in [0, 0.1) is 0 Å². The van der Waals surface area contributed by atoms with E-state index in [1.165, 1.54) is 0 Å². The van der Waals surface area contributed by atoms with Crippen LogP contribution in [-0.2, 0) is 21.4 Å². The maximum atomic E-state index is 12.1. The van der Waals surface area contributed by atoms with E-state index in [0.29, 0.717) is 0 Å². The van der Waals surface area contributed by atoms with Gasteiger partial charge in [0.1, 0.15) is 11.4 Å². The molecule has 0 spiro atoms. The zero-order valence-corrected chi connectivity index (χ0v) is 10.6. The monoisotopic (exact) mass is 291 g/mol. The van der Waals surface area contributed by atoms with Gasteiger partial charge in [-0.1, -0.05) is 0 Å². The molecule has 0 radical (unpaired) electrons. The fourth-order valence-electron chi connectivity index (χ4n) is 1.78. The van der Waals surface area contributed by atoms with Gasteiger partial charge in [-0.2, -0.15) is 9.40 Å². The summed E-state index contributed by atoms with van der Waals surface area (Å²) in [7, 11) is -3.88. The normalized spacial score (nSPS) is 24.7. The zero-order chi connectivity index (χ0) is 14.2. The number of rotatable bonds is 4. The molecule has 1 fully saturated rings. The van der Waals surface area contributed by atoms with Gasteiger partial charge < -0.3 is 15.3 Å². The largest absolute Gasteiger partial charge is 0.480 e. The van der Waals surface area contributed by atoms with Crippen molar-refractivity contribution in [1.82, 2.24) is 14.1 Å². The summed E-state index contributed by atoms with van der Waals surface area (Å²) < 4.78 is 26.2. The van der Waals surface area contributed by atoms with E-state index in [2.05, 4.69) is 5.10 Å². The minimum atomic E-state index is -3.88. The second-order valence-electron chi connectivity index (χ2n) is 4.22. The van der Waals surface area contributed by atoms with Crippen molar-refractivity contribution in [3.63, 3.8) is 0 Å². The lowest BCUT2D eigenvalue weighted by Crippen LogP contribution is -2.29. The number of β-amino-alcohol motifs (C(OH)–C–C–N with tert-alkyl or cyclic N) is 2. The average molecular weight is 291 g/mol. The number of carboxylic acids is 1. The summed E-state index contributed by atoms with van der Waals surface area (Å²) in [5.41, 5.74) is 0. The van der Waals surface area contributed by atoms with E-state index in [1.54, 1.807) is 0 Å². The molecule has 0 aromatic carbocycles. The number of hydrogen-bond acceptors (Lipinski definition) is 6. The highest BCUT2D eigenvalue weighted by Crippen LogP contribution is 2.20. The molecule has 0 amide bonds. The van der Waals surface area contributed by atoms with Crippen molar-refractivity contribution in [2.75, 3.05) is 13.1 Å². The molecule has 0 saturated carbocycles. The van der Waals surface area contributed by atoms with Crippen LogP contribution < -0.4 is 0 Å². The number of carboxylic acid groups (broad SMARTS) is 1. The topological polar surface area (TPSA) is 133 Å². The van der Waals surface area contributed by atoms with Gasteiger partial charge in [0, 0.05) is 19.3 Å². The van der Waals surface area contributed by atoms with Crippen LogP contribution in [0.4, 0.5) is 0 Å². The van der Waals surface area contributed by atoms with Crippen molar-refractivity contribution in [2.24, 2.45) is 0 Å². The standard InChI is InChI=1S/C9H13N3O6S/c13-7-3-12(4-8(7)14)19(17,18)6-1-10-11(2-6)5-9(15)16/h1-2,7-8,13-14H,3-5H2,(H,15,16). The third-order valence-electron chi connectivity index (χ3n) is 2.77. The van der Waals surface area contributed by atoms with E-state index >= 15 is 0 Å². The summed E-state index contributed by atoms with van der Waals surface area (Å²) in [5.74, 6) is -1.14. The van der Waals surface area contributed by atoms with Crippen molar-refractivity contribution in [2.45, 2.75) is 23.6 Å². The minimum Gasteiger partial charge on any atom is -0.480 e. The molecule has 3 N–H and O–H groups in total. The Morgan fingerprint density at radius 1 is 1.37 bits per heavy atom. The highest BCUT2D eigenvalue weighted by atomic mass is 32.2. The first kappa shape index (κ1) is 13.9. The predicted molar refractivity (Wildman–Crippen MR) is 60.6 cm³/mol. The quantitative estimate of drug-likeness (QED) is 0.567. The highest BCUT2D eigenvalue weighted by molar-refractivity contribution is 7.89. The molecule has 1 aromatic heterocycles. The summed E-state index contributed by atoms with van der Waals surface area (Å²) in [5, 5.41) is 30.9. The minimum absolute atomic E-state index is 0.171. The Bertz CT molecular complexity index is 573. The number of aliphatic carboxylic acids is 1. The number of hydrogen-bond donors (Lipinski definition) is 3. The molecule has 1 aliphatic rings. The molecule has 2 unspecified atom stereocenters. The number of aliphatic hydroxyl groups excluding tert-OH is 2. The molecule has 2 heterocycles. The average Bonchev–Trinajstić information content (AvgIpc) is 2.87. The molecule has 106 valence electrons. The van der Waals surface area contributed by atoms with Crippen LogP contribution in [0.2, 0.25) is 0 Å². The van der Waals surface area contributed by atoms with Crippen molar-refractivity contribution >= 4 is 16.0 Å². The second-order valence-corrected chi connectivity index (χ2v) is 6.16. The summed E-state index contributed by atoms with van der Waals surface area (Å²) >= 11 is 0. The fraction of sp³-hybridized carbons (Fsp3) is 0.556. The first-order chi connectivity index (χ1) is 8.80. The molecule has 19 heavy (non-hydrogen) atoms. The lowest BCUT2D eigenvalue weighted by molar-refractivity contribution is -0.137. The van der Waals surface area contributed by atoms with E-state index in [0.717, 1.165) is 21.4 Å². The first-order valence-corrected chi connectivity index (χ1v) is 6.85. The zero-order valence-electron chi connectivity index (χ0n) is 9.75. The number of carbonyl (C=O) groups is 1. The fourth-order valence-corrected chi connectivity index (χ4v) is 3.21. The number of sulfonamides is 1. The van der Waals surface area contributed by atoms with Crippen LogP contribution in [-0.4, -0.2) is 69.1 Å². The lowest BCUT2D eigenvalue weighted by atomic mass is 10.3. The van der Waals surface area contributed by atoms with Crippen LogP contribution in [0.1, 0.15) is 0 Å². The smallest absolute Gasteiger partial charge is 0.325 e. The van der Waals surface area contributed by atoms with Crippen LogP contribution >= 0.6 is 0 Å². The molecular formula is C9H13N3O6S. The number of aromatic nitrogens is 2. The van der Waals surface area contributed by atoms with Gasteiger partial charge >= 0.3 is 5.97 Å². The van der Waals surface area contributed by atoms with Gasteiger partial charge in [-0.25, -0.2) is 8.42 Å². The Morgan fingerprint density at radius 3 is 2.47 bits per heavy atom. The van der Waals surface area contributed by atoms with Gasteiger partial charge in [0.25, 0.3) is 0 Å². The van der Waals surface area contributed by atoms with E-state index in [-0.39, 0.29) is 18.0 Å². The molecule has 1 saturated heterocycles. The summed E-state index contributed by atoms with van der Waals surface area (Å²) in [6, 6.07) is 0. The molecule has 2 rings (SSSR count). The Labute approximate surface area is 108 Å². The van der Waals surface area contributed by atoms with E-state index < -0.39 is 34.7 Å². The molecule has 0 aliphatic carbocycles. The van der Waals surface area contributed by atoms with Crippen molar-refractivity contribution in [3.8, 4) is 0 Å². The van der Waals surface area contributed by atoms with Gasteiger partial charge in [0.15, 0.2) is 0 Å². The van der Waals surface area contributed by atoms with Gasteiger partial charge in [-0.3, -0.25) is 9.48 Å². The molecule has 1 aliphatic heterocycles. The van der Waals surface area contributed by atoms with Gasteiger partial charge in [-0.05, 0) is 0 Å². The van der Waals surface area contributed by atoms with Crippen LogP contribution in [0.5, 0.6) is 0 Å². The highest BCUT2D eigenvalue weighted by Gasteiger charge is 2.38. The summed E-state index contributed by atoms with van der Waals surface area (Å²) in [6.07, 6.45) is -0.108. The van der Waals surface area contributed by atoms with Gasteiger partial charge in [0.05, 0.1) is 18.4 Å². The Balaban J connectivity index is 2.20. The third-order valence-corrected chi connectivity index (χ3v) is 4.55. The maximum Gasteiger partial charge on any atom is 0.325 e. The molecule has 1 aromatic rings. The summed E-state index contributed by atoms with van der Waals surface area (Å²) in [6.45, 7) is -0.845. The SMILES string of the molecule is O=C(O)Cn1cc(S(=O)(=O)N2CC(O)C(O)C2)cn1. The number of nitrogens with zero attached hydrogens (tertiary/aromatic N) is 3. The second kappa shape index (κ2) is 4.89. The predicted octanol–water partition coefficient (Wildman–Crippen LogP) is -2.31. The number of aliphatic hydroxyl groups is 2. The van der Waals surface area contributed by atoms with E-state index in [4.69, 9.17) is 5.11 Å². The Kier molecular flexibility index (Phi) is 3.58. The van der Waals surface area contributed by atoms with E-state index in [1.807, 2.05) is 0 Å². The summed E-state index contributed by atoms with van der Waals surface area (Å²) in [4.78, 5) is 10.3. The maximum absolute atomic E-state index is 12.1. The van der Waals surface area contributed by atoms with Gasteiger partial charge in [0.2, 0.25) is 10.0 Å².